The van der Waals surface area contributed by atoms with Gasteiger partial charge in [-0.1, -0.05) is 12.1 Å². The predicted octanol–water partition coefficient (Wildman–Crippen LogP) is 3.62. The maximum absolute atomic E-state index is 12.1. The summed E-state index contributed by atoms with van der Waals surface area (Å²) in [5, 5.41) is 0. The van der Waals surface area contributed by atoms with E-state index in [1.54, 1.807) is 32.0 Å². The van der Waals surface area contributed by atoms with Gasteiger partial charge in [-0.05, 0) is 37.6 Å². The number of benzene rings is 2. The van der Waals surface area contributed by atoms with Crippen LogP contribution < -0.4 is 14.2 Å². The molecule has 29 heavy (non-hydrogen) atoms. The van der Waals surface area contributed by atoms with E-state index in [4.69, 9.17) is 23.7 Å². The first kappa shape index (κ1) is 20.5. The summed E-state index contributed by atoms with van der Waals surface area (Å²) in [7, 11) is 4.39. The lowest BCUT2D eigenvalue weighted by molar-refractivity contribution is -0.152. The SMILES string of the molecule is COC(=O)C(C)(C)COc1c(-c2cccc3c2COC3=O)ccc(OC)c1OC. The molecule has 0 unspecified atom stereocenters. The van der Waals surface area contributed by atoms with Crippen LogP contribution in [0.1, 0.15) is 29.8 Å². The summed E-state index contributed by atoms with van der Waals surface area (Å²) in [6.07, 6.45) is 0. The maximum atomic E-state index is 12.1. The van der Waals surface area contributed by atoms with Crippen molar-refractivity contribution in [3.8, 4) is 28.4 Å². The summed E-state index contributed by atoms with van der Waals surface area (Å²) in [6, 6.07) is 9.01. The molecule has 1 aliphatic heterocycles. The van der Waals surface area contributed by atoms with Crippen molar-refractivity contribution in [2.24, 2.45) is 5.41 Å². The minimum atomic E-state index is -0.877. The molecule has 0 spiro atoms. The number of hydrogen-bond donors (Lipinski definition) is 0. The molecule has 0 saturated carbocycles. The highest BCUT2D eigenvalue weighted by atomic mass is 16.5. The fourth-order valence-electron chi connectivity index (χ4n) is 3.24. The summed E-state index contributed by atoms with van der Waals surface area (Å²) in [6.45, 7) is 3.71. The highest BCUT2D eigenvalue weighted by molar-refractivity contribution is 5.96. The molecule has 1 aliphatic rings. The molecule has 0 atom stereocenters. The molecule has 0 radical (unpaired) electrons. The Hall–Kier alpha value is -3.22. The van der Waals surface area contributed by atoms with E-state index in [0.29, 0.717) is 28.4 Å². The average Bonchev–Trinajstić information content (AvgIpc) is 3.11. The summed E-state index contributed by atoms with van der Waals surface area (Å²) in [5.41, 5.74) is 1.93. The van der Waals surface area contributed by atoms with Crippen LogP contribution in [0.3, 0.4) is 0 Å². The van der Waals surface area contributed by atoms with Crippen molar-refractivity contribution < 1.29 is 33.3 Å². The molecule has 154 valence electrons. The van der Waals surface area contributed by atoms with E-state index >= 15 is 0 Å². The molecule has 0 N–H and O–H groups in total. The molecule has 0 aromatic heterocycles. The number of cyclic esters (lactones) is 1. The fourth-order valence-corrected chi connectivity index (χ4v) is 3.24. The Balaban J connectivity index is 2.12. The first-order valence-corrected chi connectivity index (χ1v) is 9.09. The summed E-state index contributed by atoms with van der Waals surface area (Å²) in [5.74, 6) is 0.559. The molecule has 0 fully saturated rings. The summed E-state index contributed by atoms with van der Waals surface area (Å²) in [4.78, 5) is 24.0. The molecule has 7 nitrogen and oxygen atoms in total. The van der Waals surface area contributed by atoms with Gasteiger partial charge in [0.25, 0.3) is 0 Å². The van der Waals surface area contributed by atoms with E-state index in [1.807, 2.05) is 12.1 Å². The second-order valence-electron chi connectivity index (χ2n) is 7.25. The zero-order valence-electron chi connectivity index (χ0n) is 17.2. The first-order valence-electron chi connectivity index (χ1n) is 9.09. The Morgan fingerprint density at radius 2 is 1.72 bits per heavy atom. The van der Waals surface area contributed by atoms with Crippen molar-refractivity contribution in [1.82, 2.24) is 0 Å². The van der Waals surface area contributed by atoms with Gasteiger partial charge in [-0.15, -0.1) is 0 Å². The lowest BCUT2D eigenvalue weighted by Crippen LogP contribution is -2.32. The quantitative estimate of drug-likeness (QED) is 0.657. The van der Waals surface area contributed by atoms with Crippen molar-refractivity contribution in [1.29, 1.82) is 0 Å². The van der Waals surface area contributed by atoms with E-state index in [1.165, 1.54) is 21.3 Å². The second-order valence-corrected chi connectivity index (χ2v) is 7.25. The molecule has 3 rings (SSSR count). The van der Waals surface area contributed by atoms with Crippen LogP contribution in [0.15, 0.2) is 30.3 Å². The summed E-state index contributed by atoms with van der Waals surface area (Å²) >= 11 is 0. The molecule has 0 saturated heterocycles. The molecule has 0 amide bonds. The van der Waals surface area contributed by atoms with Gasteiger partial charge in [0.05, 0.1) is 32.3 Å². The highest BCUT2D eigenvalue weighted by Crippen LogP contribution is 2.46. The van der Waals surface area contributed by atoms with E-state index in [2.05, 4.69) is 0 Å². The van der Waals surface area contributed by atoms with Crippen LogP contribution in [0.4, 0.5) is 0 Å². The van der Waals surface area contributed by atoms with E-state index < -0.39 is 5.41 Å². The van der Waals surface area contributed by atoms with Crippen LogP contribution in [0.25, 0.3) is 11.1 Å². The van der Waals surface area contributed by atoms with Crippen molar-refractivity contribution in [3.05, 3.63) is 41.5 Å². The Morgan fingerprint density at radius 3 is 2.38 bits per heavy atom. The zero-order valence-corrected chi connectivity index (χ0v) is 17.2. The molecule has 2 aromatic carbocycles. The van der Waals surface area contributed by atoms with Gasteiger partial charge < -0.3 is 23.7 Å². The molecular formula is C22H24O7. The third-order valence-electron chi connectivity index (χ3n) is 4.85. The zero-order chi connectivity index (χ0) is 21.2. The monoisotopic (exact) mass is 400 g/mol. The lowest BCUT2D eigenvalue weighted by Gasteiger charge is -2.24. The minimum Gasteiger partial charge on any atom is -0.493 e. The average molecular weight is 400 g/mol. The number of methoxy groups -OCH3 is 3. The van der Waals surface area contributed by atoms with Crippen LogP contribution in [0.2, 0.25) is 0 Å². The van der Waals surface area contributed by atoms with Crippen LogP contribution in [0.5, 0.6) is 17.2 Å². The van der Waals surface area contributed by atoms with Crippen molar-refractivity contribution in [2.75, 3.05) is 27.9 Å². The Morgan fingerprint density at radius 1 is 1.00 bits per heavy atom. The Bertz CT molecular complexity index is 946. The van der Waals surface area contributed by atoms with Crippen LogP contribution in [0, 0.1) is 5.41 Å². The molecule has 2 aromatic rings. The smallest absolute Gasteiger partial charge is 0.338 e. The van der Waals surface area contributed by atoms with Gasteiger partial charge in [0.2, 0.25) is 5.75 Å². The van der Waals surface area contributed by atoms with Gasteiger partial charge in [-0.25, -0.2) is 4.79 Å². The van der Waals surface area contributed by atoms with Crippen LogP contribution in [-0.2, 0) is 20.9 Å². The topological polar surface area (TPSA) is 80.3 Å². The largest absolute Gasteiger partial charge is 0.493 e. The lowest BCUT2D eigenvalue weighted by atomic mass is 9.94. The minimum absolute atomic E-state index is 0.0562. The standard InChI is InChI=1S/C22H24O7/c1-22(2,21(24)27-5)12-29-18-14(9-10-17(25-3)19(18)26-4)13-7-6-8-15-16(13)11-28-20(15)23/h6-10H,11-12H2,1-5H3. The molecule has 7 heteroatoms. The molecule has 1 heterocycles. The normalized spacial score (nSPS) is 12.8. The van der Waals surface area contributed by atoms with Gasteiger partial charge >= 0.3 is 11.9 Å². The number of rotatable bonds is 7. The first-order chi connectivity index (χ1) is 13.8. The molecule has 0 bridgehead atoms. The maximum Gasteiger partial charge on any atom is 0.338 e. The van der Waals surface area contributed by atoms with Crippen molar-refractivity contribution >= 4 is 11.9 Å². The van der Waals surface area contributed by atoms with Gasteiger partial charge in [0.15, 0.2) is 11.5 Å². The van der Waals surface area contributed by atoms with E-state index in [0.717, 1.165) is 11.1 Å². The number of esters is 2. The van der Waals surface area contributed by atoms with Crippen molar-refractivity contribution in [3.63, 3.8) is 0 Å². The third-order valence-corrected chi connectivity index (χ3v) is 4.85. The van der Waals surface area contributed by atoms with Crippen LogP contribution >= 0.6 is 0 Å². The predicted molar refractivity (Wildman–Crippen MR) is 105 cm³/mol. The molecule has 0 aliphatic carbocycles. The van der Waals surface area contributed by atoms with Gasteiger partial charge in [0, 0.05) is 11.1 Å². The van der Waals surface area contributed by atoms with Crippen LogP contribution in [-0.4, -0.2) is 39.9 Å². The Labute approximate surface area is 169 Å². The third kappa shape index (κ3) is 3.72. The fraction of sp³-hybridized carbons (Fsp3) is 0.364. The number of carbonyl (C=O) groups excluding carboxylic acids is 2. The number of hydrogen-bond acceptors (Lipinski definition) is 7. The van der Waals surface area contributed by atoms with Gasteiger partial charge in [0.1, 0.15) is 13.2 Å². The second kappa shape index (κ2) is 8.03. The van der Waals surface area contributed by atoms with Gasteiger partial charge in [-0.3, -0.25) is 4.79 Å². The number of ether oxygens (including phenoxy) is 5. The molecular weight excluding hydrogens is 376 g/mol. The highest BCUT2D eigenvalue weighted by Gasteiger charge is 2.32. The van der Waals surface area contributed by atoms with Gasteiger partial charge in [-0.2, -0.15) is 0 Å². The van der Waals surface area contributed by atoms with Crippen molar-refractivity contribution in [2.45, 2.75) is 20.5 Å². The Kier molecular flexibility index (Phi) is 5.68. The number of carbonyl (C=O) groups is 2. The number of fused-ring (bicyclic) bond motifs is 1. The van der Waals surface area contributed by atoms with E-state index in [9.17, 15) is 9.59 Å². The van der Waals surface area contributed by atoms with E-state index in [-0.39, 0.29) is 25.2 Å². The summed E-state index contributed by atoms with van der Waals surface area (Å²) < 4.78 is 27.1.